The molecule has 0 saturated carbocycles. The van der Waals surface area contributed by atoms with Gasteiger partial charge in [0.05, 0.1) is 11.4 Å². The van der Waals surface area contributed by atoms with Crippen LogP contribution in [-0.2, 0) is 16.9 Å². The molecule has 0 atom stereocenters. The molecular formula is C10H17N3O3S. The number of nitrogens with zero attached hydrogens (tertiary/aromatic N) is 1. The second kappa shape index (κ2) is 5.22. The molecule has 0 bridgehead atoms. The van der Waals surface area contributed by atoms with Crippen molar-refractivity contribution in [2.45, 2.75) is 6.42 Å². The zero-order valence-electron chi connectivity index (χ0n) is 9.93. The highest BCUT2D eigenvalue weighted by Gasteiger charge is 2.10. The lowest BCUT2D eigenvalue weighted by atomic mass is 10.3. The summed E-state index contributed by atoms with van der Waals surface area (Å²) in [6.45, 7) is 0.330. The van der Waals surface area contributed by atoms with E-state index in [-0.39, 0.29) is 11.7 Å². The monoisotopic (exact) mass is 259 g/mol. The van der Waals surface area contributed by atoms with Crippen molar-refractivity contribution in [1.29, 1.82) is 0 Å². The predicted molar refractivity (Wildman–Crippen MR) is 66.5 cm³/mol. The molecule has 96 valence electrons. The average molecular weight is 259 g/mol. The summed E-state index contributed by atoms with van der Waals surface area (Å²) in [7, 11) is -1.24. The van der Waals surface area contributed by atoms with Crippen molar-refractivity contribution in [3.8, 4) is 0 Å². The van der Waals surface area contributed by atoms with Gasteiger partial charge in [0.2, 0.25) is 0 Å². The van der Waals surface area contributed by atoms with E-state index in [2.05, 4.69) is 5.32 Å². The van der Waals surface area contributed by atoms with Gasteiger partial charge in [-0.15, -0.1) is 0 Å². The number of aromatic nitrogens is 1. The number of hydrogen-bond acceptors (Lipinski definition) is 4. The normalized spacial score (nSPS) is 11.4. The van der Waals surface area contributed by atoms with E-state index in [4.69, 9.17) is 5.73 Å². The molecule has 0 fully saturated rings. The molecule has 1 amide bonds. The zero-order valence-corrected chi connectivity index (χ0v) is 10.8. The first kappa shape index (κ1) is 13.6. The SMILES string of the molecule is Cn1cc(N)cc1C(=O)NCCCS(C)(=O)=O. The summed E-state index contributed by atoms with van der Waals surface area (Å²) in [4.78, 5) is 11.7. The highest BCUT2D eigenvalue weighted by atomic mass is 32.2. The van der Waals surface area contributed by atoms with E-state index in [9.17, 15) is 13.2 Å². The van der Waals surface area contributed by atoms with Gasteiger partial charge in [-0.3, -0.25) is 4.79 Å². The van der Waals surface area contributed by atoms with E-state index >= 15 is 0 Å². The highest BCUT2D eigenvalue weighted by Crippen LogP contribution is 2.08. The molecule has 0 aliphatic rings. The van der Waals surface area contributed by atoms with Crippen LogP contribution in [0.3, 0.4) is 0 Å². The number of carbonyl (C=O) groups excluding carboxylic acids is 1. The Morgan fingerprint density at radius 3 is 2.65 bits per heavy atom. The maximum atomic E-state index is 11.7. The number of hydrogen-bond donors (Lipinski definition) is 2. The fraction of sp³-hybridized carbons (Fsp3) is 0.500. The minimum atomic E-state index is -2.97. The third kappa shape index (κ3) is 4.48. The van der Waals surface area contributed by atoms with E-state index in [1.165, 1.54) is 6.26 Å². The van der Waals surface area contributed by atoms with E-state index in [0.717, 1.165) is 0 Å². The lowest BCUT2D eigenvalue weighted by molar-refractivity contribution is 0.0945. The summed E-state index contributed by atoms with van der Waals surface area (Å²) in [6, 6.07) is 1.58. The van der Waals surface area contributed by atoms with Crippen molar-refractivity contribution < 1.29 is 13.2 Å². The van der Waals surface area contributed by atoms with Crippen LogP contribution < -0.4 is 11.1 Å². The van der Waals surface area contributed by atoms with Crippen molar-refractivity contribution in [2.75, 3.05) is 24.3 Å². The molecule has 1 heterocycles. The molecule has 0 radical (unpaired) electrons. The Morgan fingerprint density at radius 2 is 2.18 bits per heavy atom. The summed E-state index contributed by atoms with van der Waals surface area (Å²) in [5.74, 6) is -0.180. The van der Waals surface area contributed by atoms with Crippen molar-refractivity contribution >= 4 is 21.4 Å². The molecule has 1 rings (SSSR count). The number of nitrogens with one attached hydrogen (secondary N) is 1. The molecule has 0 aliphatic heterocycles. The molecule has 0 saturated heterocycles. The van der Waals surface area contributed by atoms with Gasteiger partial charge >= 0.3 is 0 Å². The van der Waals surface area contributed by atoms with Crippen LogP contribution in [0.5, 0.6) is 0 Å². The standard InChI is InChI=1S/C10H17N3O3S/c1-13-7-8(11)6-9(13)10(14)12-4-3-5-17(2,15)16/h6-7H,3-5,11H2,1-2H3,(H,12,14). The molecule has 1 aromatic heterocycles. The Labute approximate surface area is 101 Å². The maximum Gasteiger partial charge on any atom is 0.267 e. The highest BCUT2D eigenvalue weighted by molar-refractivity contribution is 7.90. The first-order chi connectivity index (χ1) is 7.79. The molecule has 0 spiro atoms. The van der Waals surface area contributed by atoms with Crippen LogP contribution in [0.4, 0.5) is 5.69 Å². The fourth-order valence-corrected chi connectivity index (χ4v) is 2.11. The van der Waals surface area contributed by atoms with E-state index in [1.807, 2.05) is 0 Å². The average Bonchev–Trinajstić information content (AvgIpc) is 2.51. The van der Waals surface area contributed by atoms with Crippen LogP contribution in [-0.4, -0.2) is 37.4 Å². The second-order valence-electron chi connectivity index (χ2n) is 4.01. The van der Waals surface area contributed by atoms with Gasteiger partial charge in [0.15, 0.2) is 0 Å². The lowest BCUT2D eigenvalue weighted by Crippen LogP contribution is -2.27. The van der Waals surface area contributed by atoms with Crippen molar-refractivity contribution in [3.05, 3.63) is 18.0 Å². The van der Waals surface area contributed by atoms with Gasteiger partial charge in [0, 0.05) is 26.0 Å². The summed E-state index contributed by atoms with van der Waals surface area (Å²) >= 11 is 0. The van der Waals surface area contributed by atoms with Gasteiger partial charge in [-0.2, -0.15) is 0 Å². The van der Waals surface area contributed by atoms with Crippen LogP contribution in [0, 0.1) is 0 Å². The number of sulfone groups is 1. The molecule has 7 heteroatoms. The van der Waals surface area contributed by atoms with E-state index in [0.29, 0.717) is 24.3 Å². The molecule has 3 N–H and O–H groups in total. The van der Waals surface area contributed by atoms with E-state index in [1.54, 1.807) is 23.9 Å². The van der Waals surface area contributed by atoms with Gasteiger partial charge in [-0.1, -0.05) is 0 Å². The van der Waals surface area contributed by atoms with Crippen LogP contribution >= 0.6 is 0 Å². The van der Waals surface area contributed by atoms with Crippen LogP contribution in [0.2, 0.25) is 0 Å². The Bertz CT molecular complexity index is 505. The second-order valence-corrected chi connectivity index (χ2v) is 6.27. The smallest absolute Gasteiger partial charge is 0.267 e. The summed E-state index contributed by atoms with van der Waals surface area (Å²) in [5.41, 5.74) is 6.53. The first-order valence-electron chi connectivity index (χ1n) is 5.17. The minimum absolute atomic E-state index is 0.0720. The Kier molecular flexibility index (Phi) is 4.17. The molecule has 0 unspecified atom stereocenters. The van der Waals surface area contributed by atoms with Crippen LogP contribution in [0.15, 0.2) is 12.3 Å². The van der Waals surface area contributed by atoms with Crippen molar-refractivity contribution in [1.82, 2.24) is 9.88 Å². The minimum Gasteiger partial charge on any atom is -0.397 e. The van der Waals surface area contributed by atoms with E-state index < -0.39 is 9.84 Å². The number of carbonyl (C=O) groups is 1. The molecule has 0 aromatic carbocycles. The number of nitrogen functional groups attached to an aromatic ring is 1. The number of nitrogens with two attached hydrogens (primary N) is 1. The van der Waals surface area contributed by atoms with Gasteiger partial charge in [0.1, 0.15) is 15.5 Å². The number of aryl methyl sites for hydroxylation is 1. The molecule has 17 heavy (non-hydrogen) atoms. The number of amides is 1. The third-order valence-corrected chi connectivity index (χ3v) is 3.27. The lowest BCUT2D eigenvalue weighted by Gasteiger charge is -2.05. The summed E-state index contributed by atoms with van der Waals surface area (Å²) in [6.07, 6.45) is 3.22. The van der Waals surface area contributed by atoms with Gasteiger partial charge < -0.3 is 15.6 Å². The van der Waals surface area contributed by atoms with Gasteiger partial charge in [-0.25, -0.2) is 8.42 Å². The molecular weight excluding hydrogens is 242 g/mol. The molecule has 0 aliphatic carbocycles. The topological polar surface area (TPSA) is 94.2 Å². The first-order valence-corrected chi connectivity index (χ1v) is 7.23. The number of anilines is 1. The summed E-state index contributed by atoms with van der Waals surface area (Å²) in [5, 5.41) is 2.65. The Hall–Kier alpha value is -1.50. The fourth-order valence-electron chi connectivity index (χ4n) is 1.44. The zero-order chi connectivity index (χ0) is 13.1. The third-order valence-electron chi connectivity index (χ3n) is 2.24. The molecule has 6 nitrogen and oxygen atoms in total. The van der Waals surface area contributed by atoms with Gasteiger partial charge in [-0.05, 0) is 12.5 Å². The van der Waals surface area contributed by atoms with Crippen LogP contribution in [0.1, 0.15) is 16.9 Å². The quantitative estimate of drug-likeness (QED) is 0.714. The van der Waals surface area contributed by atoms with Gasteiger partial charge in [0.25, 0.3) is 5.91 Å². The number of rotatable bonds is 5. The predicted octanol–water partition coefficient (Wildman–Crippen LogP) is -0.228. The molecule has 1 aromatic rings. The Morgan fingerprint density at radius 1 is 1.53 bits per heavy atom. The summed E-state index contributed by atoms with van der Waals surface area (Å²) < 4.78 is 23.4. The van der Waals surface area contributed by atoms with Crippen molar-refractivity contribution in [2.24, 2.45) is 7.05 Å². The Balaban J connectivity index is 2.43. The van der Waals surface area contributed by atoms with Crippen molar-refractivity contribution in [3.63, 3.8) is 0 Å². The maximum absolute atomic E-state index is 11.7. The largest absolute Gasteiger partial charge is 0.397 e. The van der Waals surface area contributed by atoms with Crippen LogP contribution in [0.25, 0.3) is 0 Å².